The molecule has 1 aliphatic heterocycles. The molecule has 1 aromatic rings. The second kappa shape index (κ2) is 4.67. The third-order valence-corrected chi connectivity index (χ3v) is 2.95. The van der Waals surface area contributed by atoms with Crippen LogP contribution in [0.2, 0.25) is 0 Å². The Bertz CT molecular complexity index is 435. The highest BCUT2D eigenvalue weighted by atomic mass is 16.6. The van der Waals surface area contributed by atoms with E-state index in [2.05, 4.69) is 22.1 Å². The van der Waals surface area contributed by atoms with Gasteiger partial charge in [-0.2, -0.15) is 0 Å². The Morgan fingerprint density at radius 1 is 1.65 bits per heavy atom. The fraction of sp³-hybridized carbons (Fsp3) is 0.545. The van der Waals surface area contributed by atoms with Crippen LogP contribution < -0.4 is 10.2 Å². The third kappa shape index (κ3) is 2.52. The lowest BCUT2D eigenvalue weighted by molar-refractivity contribution is -0.385. The van der Waals surface area contributed by atoms with Crippen molar-refractivity contribution in [3.05, 3.63) is 27.9 Å². The summed E-state index contributed by atoms with van der Waals surface area (Å²) < 4.78 is 0. The predicted octanol–water partition coefficient (Wildman–Crippen LogP) is 1.10. The summed E-state index contributed by atoms with van der Waals surface area (Å²) in [6.45, 7) is 6.33. The zero-order valence-electron chi connectivity index (χ0n) is 10.0. The van der Waals surface area contributed by atoms with E-state index in [1.807, 2.05) is 0 Å². The highest BCUT2D eigenvalue weighted by molar-refractivity contribution is 5.51. The number of anilines is 1. The van der Waals surface area contributed by atoms with Crippen molar-refractivity contribution in [2.45, 2.75) is 19.9 Å². The lowest BCUT2D eigenvalue weighted by Crippen LogP contribution is -2.49. The molecule has 0 unspecified atom stereocenters. The lowest BCUT2D eigenvalue weighted by Gasteiger charge is -2.32. The number of nitro groups is 1. The molecule has 92 valence electrons. The van der Waals surface area contributed by atoms with Crippen LogP contribution in [0.1, 0.15) is 12.5 Å². The molecule has 0 saturated carbocycles. The van der Waals surface area contributed by atoms with Gasteiger partial charge in [-0.15, -0.1) is 0 Å². The second-order valence-corrected chi connectivity index (χ2v) is 4.39. The molecule has 0 aliphatic carbocycles. The van der Waals surface area contributed by atoms with Gasteiger partial charge in [-0.3, -0.25) is 10.1 Å². The predicted molar refractivity (Wildman–Crippen MR) is 65.3 cm³/mol. The van der Waals surface area contributed by atoms with E-state index < -0.39 is 0 Å². The van der Waals surface area contributed by atoms with Crippen LogP contribution in [0.15, 0.2) is 12.3 Å². The first kappa shape index (κ1) is 11.8. The number of aromatic nitrogens is 1. The second-order valence-electron chi connectivity index (χ2n) is 4.39. The van der Waals surface area contributed by atoms with Crippen molar-refractivity contribution in [1.82, 2.24) is 10.3 Å². The molecule has 1 N–H and O–H groups in total. The number of hydrogen-bond acceptors (Lipinski definition) is 5. The molecule has 0 aromatic carbocycles. The van der Waals surface area contributed by atoms with E-state index in [0.29, 0.717) is 17.4 Å². The van der Waals surface area contributed by atoms with Gasteiger partial charge >= 0.3 is 0 Å². The Morgan fingerprint density at radius 3 is 3.06 bits per heavy atom. The average Bonchev–Trinajstić information content (AvgIpc) is 2.29. The summed E-state index contributed by atoms with van der Waals surface area (Å²) in [6.07, 6.45) is 1.57. The Labute approximate surface area is 99.8 Å². The highest BCUT2D eigenvalue weighted by Crippen LogP contribution is 2.23. The van der Waals surface area contributed by atoms with E-state index in [1.165, 1.54) is 0 Å². The fourth-order valence-electron chi connectivity index (χ4n) is 2.01. The summed E-state index contributed by atoms with van der Waals surface area (Å²) in [5, 5.41) is 14.2. The molecular weight excluding hydrogens is 220 g/mol. The van der Waals surface area contributed by atoms with Gasteiger partial charge < -0.3 is 10.2 Å². The highest BCUT2D eigenvalue weighted by Gasteiger charge is 2.20. The van der Waals surface area contributed by atoms with E-state index in [1.54, 1.807) is 19.2 Å². The van der Waals surface area contributed by atoms with Crippen molar-refractivity contribution in [1.29, 1.82) is 0 Å². The number of nitrogens with zero attached hydrogens (tertiary/aromatic N) is 3. The van der Waals surface area contributed by atoms with Crippen LogP contribution in [-0.4, -0.2) is 35.6 Å². The van der Waals surface area contributed by atoms with Gasteiger partial charge in [-0.25, -0.2) is 4.98 Å². The monoisotopic (exact) mass is 236 g/mol. The molecule has 1 aromatic heterocycles. The molecule has 1 atom stereocenters. The molecular formula is C11H16N4O2. The van der Waals surface area contributed by atoms with E-state index in [4.69, 9.17) is 0 Å². The Morgan fingerprint density at radius 2 is 2.41 bits per heavy atom. The van der Waals surface area contributed by atoms with Gasteiger partial charge in [0.2, 0.25) is 0 Å². The summed E-state index contributed by atoms with van der Waals surface area (Å²) >= 11 is 0. The molecule has 1 saturated heterocycles. The largest absolute Gasteiger partial charge is 0.354 e. The maximum absolute atomic E-state index is 10.9. The molecule has 1 fully saturated rings. The van der Waals surface area contributed by atoms with E-state index in [9.17, 15) is 10.1 Å². The summed E-state index contributed by atoms with van der Waals surface area (Å²) in [4.78, 5) is 16.9. The SMILES string of the molecule is Cc1cnc(N2CCN[C@@H](C)C2)cc1[N+](=O)[O-]. The fourth-order valence-corrected chi connectivity index (χ4v) is 2.01. The molecule has 0 radical (unpaired) electrons. The minimum Gasteiger partial charge on any atom is -0.354 e. The Hall–Kier alpha value is -1.69. The first-order valence-corrected chi connectivity index (χ1v) is 5.67. The quantitative estimate of drug-likeness (QED) is 0.615. The molecule has 6 nitrogen and oxygen atoms in total. The van der Waals surface area contributed by atoms with E-state index in [0.717, 1.165) is 19.6 Å². The minimum atomic E-state index is -0.355. The van der Waals surface area contributed by atoms with E-state index >= 15 is 0 Å². The van der Waals surface area contributed by atoms with Crippen molar-refractivity contribution < 1.29 is 4.92 Å². The third-order valence-electron chi connectivity index (χ3n) is 2.95. The van der Waals surface area contributed by atoms with Gasteiger partial charge in [0.15, 0.2) is 0 Å². The number of piperazine rings is 1. The van der Waals surface area contributed by atoms with Crippen molar-refractivity contribution in [2.75, 3.05) is 24.5 Å². The first-order chi connectivity index (χ1) is 8.08. The van der Waals surface area contributed by atoms with Crippen LogP contribution in [0.25, 0.3) is 0 Å². The van der Waals surface area contributed by atoms with Crippen LogP contribution in [0.3, 0.4) is 0 Å². The number of pyridine rings is 1. The smallest absolute Gasteiger partial charge is 0.277 e. The number of aryl methyl sites for hydroxylation is 1. The van der Waals surface area contributed by atoms with Crippen LogP contribution in [0.5, 0.6) is 0 Å². The van der Waals surface area contributed by atoms with Gasteiger partial charge in [0, 0.05) is 37.4 Å². The molecule has 0 amide bonds. The Kier molecular flexibility index (Phi) is 3.23. The Balaban J connectivity index is 2.26. The van der Waals surface area contributed by atoms with Gasteiger partial charge in [0.05, 0.1) is 11.0 Å². The van der Waals surface area contributed by atoms with Gasteiger partial charge in [0.25, 0.3) is 5.69 Å². The van der Waals surface area contributed by atoms with Crippen LogP contribution in [-0.2, 0) is 0 Å². The maximum Gasteiger partial charge on any atom is 0.277 e. The zero-order valence-corrected chi connectivity index (χ0v) is 10.0. The summed E-state index contributed by atoms with van der Waals surface area (Å²) in [5.74, 6) is 0.690. The van der Waals surface area contributed by atoms with Crippen LogP contribution in [0, 0.1) is 17.0 Å². The van der Waals surface area contributed by atoms with Crippen LogP contribution >= 0.6 is 0 Å². The summed E-state index contributed by atoms with van der Waals surface area (Å²) in [7, 11) is 0. The molecule has 17 heavy (non-hydrogen) atoms. The van der Waals surface area contributed by atoms with Gasteiger partial charge in [-0.1, -0.05) is 0 Å². The van der Waals surface area contributed by atoms with Crippen molar-refractivity contribution >= 4 is 11.5 Å². The standard InChI is InChI=1S/C11H16N4O2/c1-8-6-13-11(5-10(8)15(16)17)14-4-3-12-9(2)7-14/h5-6,9,12H,3-4,7H2,1-2H3/t9-/m0/s1. The summed E-state index contributed by atoms with van der Waals surface area (Å²) in [5.41, 5.74) is 0.739. The minimum absolute atomic E-state index is 0.140. The van der Waals surface area contributed by atoms with Crippen LogP contribution in [0.4, 0.5) is 11.5 Å². The maximum atomic E-state index is 10.9. The van der Waals surface area contributed by atoms with Crippen molar-refractivity contribution in [2.24, 2.45) is 0 Å². The molecule has 1 aliphatic rings. The molecule has 2 rings (SSSR count). The number of hydrogen-bond donors (Lipinski definition) is 1. The molecule has 0 spiro atoms. The molecule has 0 bridgehead atoms. The molecule has 2 heterocycles. The summed E-state index contributed by atoms with van der Waals surface area (Å²) in [6, 6.07) is 1.94. The topological polar surface area (TPSA) is 71.3 Å². The number of nitrogens with one attached hydrogen (secondary N) is 1. The first-order valence-electron chi connectivity index (χ1n) is 5.67. The van der Waals surface area contributed by atoms with Gasteiger partial charge in [0.1, 0.15) is 5.82 Å². The van der Waals surface area contributed by atoms with Crippen molar-refractivity contribution in [3.8, 4) is 0 Å². The normalized spacial score (nSPS) is 20.4. The van der Waals surface area contributed by atoms with E-state index in [-0.39, 0.29) is 10.6 Å². The molecule has 6 heteroatoms. The zero-order chi connectivity index (χ0) is 12.4. The lowest BCUT2D eigenvalue weighted by atomic mass is 10.2. The number of rotatable bonds is 2. The van der Waals surface area contributed by atoms with Crippen molar-refractivity contribution in [3.63, 3.8) is 0 Å². The average molecular weight is 236 g/mol. The van der Waals surface area contributed by atoms with Gasteiger partial charge in [-0.05, 0) is 13.8 Å².